The molecule has 1 aliphatic rings. The molecule has 7 nitrogen and oxygen atoms in total. The normalized spacial score (nSPS) is 22.8. The number of nitrogens with zero attached hydrogens (tertiary/aromatic N) is 2. The van der Waals surface area contributed by atoms with Crippen LogP contribution < -0.4 is 0 Å². The van der Waals surface area contributed by atoms with Crippen molar-refractivity contribution in [1.29, 1.82) is 0 Å². The van der Waals surface area contributed by atoms with E-state index in [2.05, 4.69) is 0 Å². The Morgan fingerprint density at radius 3 is 2.47 bits per heavy atom. The highest BCUT2D eigenvalue weighted by Crippen LogP contribution is 2.20. The number of hydrogen-bond donors (Lipinski definition) is 1. The molecule has 0 aliphatic carbocycles. The second kappa shape index (κ2) is 6.49. The molecule has 0 saturated carbocycles. The molecule has 1 atom stereocenters. The van der Waals surface area contributed by atoms with Crippen LogP contribution in [0.15, 0.2) is 0 Å². The zero-order chi connectivity index (χ0) is 14.7. The van der Waals surface area contributed by atoms with Crippen molar-refractivity contribution in [2.24, 2.45) is 5.92 Å². The third kappa shape index (κ3) is 4.99. The van der Waals surface area contributed by atoms with E-state index < -0.39 is 20.0 Å². The fourth-order valence-corrected chi connectivity index (χ4v) is 4.19. The fraction of sp³-hybridized carbons (Fsp3) is 1.00. The average Bonchev–Trinajstić information content (AvgIpc) is 2.35. The van der Waals surface area contributed by atoms with Crippen LogP contribution in [-0.4, -0.2) is 75.8 Å². The maximum atomic E-state index is 12.2. The summed E-state index contributed by atoms with van der Waals surface area (Å²) in [5.74, 6) is -0.230. The monoisotopic (exact) mass is 314 g/mol. The Bertz CT molecular complexity index is 488. The number of rotatable bonds is 6. The minimum atomic E-state index is -3.64. The van der Waals surface area contributed by atoms with Crippen LogP contribution >= 0.6 is 0 Å². The van der Waals surface area contributed by atoms with E-state index in [9.17, 15) is 16.8 Å². The van der Waals surface area contributed by atoms with Crippen molar-refractivity contribution in [1.82, 2.24) is 8.61 Å². The molecule has 0 aromatic rings. The zero-order valence-corrected chi connectivity index (χ0v) is 13.0. The fourth-order valence-electron chi connectivity index (χ4n) is 1.99. The third-order valence-corrected chi connectivity index (χ3v) is 6.12. The van der Waals surface area contributed by atoms with E-state index in [0.29, 0.717) is 19.5 Å². The molecule has 0 aromatic carbocycles. The molecule has 0 amide bonds. The van der Waals surface area contributed by atoms with Crippen molar-refractivity contribution in [3.8, 4) is 0 Å². The van der Waals surface area contributed by atoms with Crippen LogP contribution in [0.4, 0.5) is 0 Å². The summed E-state index contributed by atoms with van der Waals surface area (Å²) in [4.78, 5) is 0. The van der Waals surface area contributed by atoms with E-state index in [0.717, 1.165) is 17.0 Å². The van der Waals surface area contributed by atoms with Crippen molar-refractivity contribution in [2.45, 2.75) is 12.8 Å². The van der Waals surface area contributed by atoms with Crippen molar-refractivity contribution < 1.29 is 21.9 Å². The van der Waals surface area contributed by atoms with Gasteiger partial charge < -0.3 is 5.11 Å². The van der Waals surface area contributed by atoms with Gasteiger partial charge in [0.15, 0.2) is 0 Å². The summed E-state index contributed by atoms with van der Waals surface area (Å²) in [6.45, 7) is 0.630. The lowest BCUT2D eigenvalue weighted by Gasteiger charge is -2.33. The minimum absolute atomic E-state index is 0.0287. The van der Waals surface area contributed by atoms with Gasteiger partial charge in [0.25, 0.3) is 10.2 Å². The highest BCUT2D eigenvalue weighted by molar-refractivity contribution is 7.90. The van der Waals surface area contributed by atoms with Crippen LogP contribution in [0.5, 0.6) is 0 Å². The quantitative estimate of drug-likeness (QED) is 0.672. The van der Waals surface area contributed by atoms with Crippen LogP contribution in [0.25, 0.3) is 0 Å². The van der Waals surface area contributed by atoms with Gasteiger partial charge in [0.2, 0.25) is 0 Å². The third-order valence-electron chi connectivity index (χ3n) is 3.24. The largest absolute Gasteiger partial charge is 0.396 e. The number of sulfone groups is 1. The Labute approximate surface area is 115 Å². The molecule has 19 heavy (non-hydrogen) atoms. The van der Waals surface area contributed by atoms with Crippen molar-refractivity contribution in [3.05, 3.63) is 0 Å². The van der Waals surface area contributed by atoms with E-state index in [1.165, 1.54) is 11.4 Å². The predicted octanol–water partition coefficient (Wildman–Crippen LogP) is -1.09. The van der Waals surface area contributed by atoms with Crippen LogP contribution in [0.1, 0.15) is 12.8 Å². The first-order valence-electron chi connectivity index (χ1n) is 6.17. The molecule has 1 aliphatic heterocycles. The van der Waals surface area contributed by atoms with Gasteiger partial charge in [-0.15, -0.1) is 0 Å². The highest BCUT2D eigenvalue weighted by Gasteiger charge is 2.31. The summed E-state index contributed by atoms with van der Waals surface area (Å²) in [5.41, 5.74) is 0. The van der Waals surface area contributed by atoms with Gasteiger partial charge in [0.05, 0.1) is 5.75 Å². The second-order valence-corrected chi connectivity index (χ2v) is 9.30. The van der Waals surface area contributed by atoms with Gasteiger partial charge in [-0.3, -0.25) is 0 Å². The summed E-state index contributed by atoms with van der Waals surface area (Å²) < 4.78 is 49.0. The van der Waals surface area contributed by atoms with Gasteiger partial charge >= 0.3 is 0 Å². The van der Waals surface area contributed by atoms with Gasteiger partial charge in [-0.2, -0.15) is 17.0 Å². The molecule has 0 bridgehead atoms. The van der Waals surface area contributed by atoms with E-state index >= 15 is 0 Å². The lowest BCUT2D eigenvalue weighted by molar-refractivity contribution is 0.162. The molecule has 9 heteroatoms. The van der Waals surface area contributed by atoms with Crippen molar-refractivity contribution in [3.63, 3.8) is 0 Å². The first-order valence-corrected chi connectivity index (χ1v) is 9.62. The summed E-state index contributed by atoms with van der Waals surface area (Å²) in [7, 11) is -5.45. The Balaban J connectivity index is 2.68. The predicted molar refractivity (Wildman–Crippen MR) is 72.6 cm³/mol. The van der Waals surface area contributed by atoms with Gasteiger partial charge in [0, 0.05) is 39.5 Å². The number of hydrogen-bond acceptors (Lipinski definition) is 5. The maximum absolute atomic E-state index is 12.2. The summed E-state index contributed by atoms with van der Waals surface area (Å²) in [5, 5.41) is 9.11. The molecule has 1 saturated heterocycles. The van der Waals surface area contributed by atoms with Crippen molar-refractivity contribution in [2.75, 3.05) is 45.3 Å². The van der Waals surface area contributed by atoms with Crippen molar-refractivity contribution >= 4 is 20.0 Å². The first kappa shape index (κ1) is 16.8. The standard InChI is InChI=1S/C10H22N2O5S2/c1-11(6-7-18(2,14)15)19(16,17)12-5-3-4-10(8-12)9-13/h10,13H,3-9H2,1-2H3. The van der Waals surface area contributed by atoms with Crippen LogP contribution in [-0.2, 0) is 20.0 Å². The maximum Gasteiger partial charge on any atom is 0.281 e. The molecule has 0 aromatic heterocycles. The zero-order valence-electron chi connectivity index (χ0n) is 11.3. The Morgan fingerprint density at radius 2 is 1.95 bits per heavy atom. The Morgan fingerprint density at radius 1 is 1.32 bits per heavy atom. The minimum Gasteiger partial charge on any atom is -0.396 e. The molecule has 1 heterocycles. The lowest BCUT2D eigenvalue weighted by atomic mass is 10.0. The van der Waals surface area contributed by atoms with Gasteiger partial charge in [-0.05, 0) is 18.8 Å². The van der Waals surface area contributed by atoms with Crippen LogP contribution in [0.2, 0.25) is 0 Å². The SMILES string of the molecule is CN(CCS(C)(=O)=O)S(=O)(=O)N1CCCC(CO)C1. The highest BCUT2D eigenvalue weighted by atomic mass is 32.2. The topological polar surface area (TPSA) is 95.0 Å². The average molecular weight is 314 g/mol. The Kier molecular flexibility index (Phi) is 5.75. The molecule has 0 spiro atoms. The second-order valence-electron chi connectivity index (χ2n) is 5.01. The molecule has 1 unspecified atom stereocenters. The molecule has 1 N–H and O–H groups in total. The summed E-state index contributed by atoms with van der Waals surface area (Å²) >= 11 is 0. The molecule has 1 fully saturated rings. The lowest BCUT2D eigenvalue weighted by Crippen LogP contribution is -2.48. The molecular weight excluding hydrogens is 292 g/mol. The number of piperidine rings is 1. The van der Waals surface area contributed by atoms with E-state index in [1.807, 2.05) is 0 Å². The molecular formula is C10H22N2O5S2. The number of aliphatic hydroxyl groups is 1. The van der Waals surface area contributed by atoms with E-state index in [-0.39, 0.29) is 24.8 Å². The molecule has 0 radical (unpaired) electrons. The van der Waals surface area contributed by atoms with Gasteiger partial charge in [-0.1, -0.05) is 0 Å². The van der Waals surface area contributed by atoms with Crippen LogP contribution in [0.3, 0.4) is 0 Å². The smallest absolute Gasteiger partial charge is 0.281 e. The van der Waals surface area contributed by atoms with Gasteiger partial charge in [0.1, 0.15) is 9.84 Å². The molecule has 114 valence electrons. The summed E-state index contributed by atoms with van der Waals surface area (Å²) in [6, 6.07) is 0. The van der Waals surface area contributed by atoms with E-state index in [1.54, 1.807) is 0 Å². The molecule has 1 rings (SSSR count). The van der Waals surface area contributed by atoms with Crippen LogP contribution in [0, 0.1) is 5.92 Å². The number of aliphatic hydroxyl groups excluding tert-OH is 1. The Hall–Kier alpha value is -0.220. The van der Waals surface area contributed by atoms with E-state index in [4.69, 9.17) is 5.11 Å². The van der Waals surface area contributed by atoms with Gasteiger partial charge in [-0.25, -0.2) is 8.42 Å². The summed E-state index contributed by atoms with van der Waals surface area (Å²) in [6.07, 6.45) is 2.61. The first-order chi connectivity index (χ1) is 8.66.